The van der Waals surface area contributed by atoms with Crippen molar-refractivity contribution in [2.75, 3.05) is 81.4 Å². The van der Waals surface area contributed by atoms with Crippen molar-refractivity contribution >= 4 is 89.7 Å². The van der Waals surface area contributed by atoms with Crippen molar-refractivity contribution in [3.8, 4) is 0 Å². The summed E-state index contributed by atoms with van der Waals surface area (Å²) in [5.74, 6) is -4.45. The van der Waals surface area contributed by atoms with E-state index in [0.717, 1.165) is 72.6 Å². The van der Waals surface area contributed by atoms with Crippen molar-refractivity contribution in [1.29, 1.82) is 0 Å². The van der Waals surface area contributed by atoms with Crippen LogP contribution in [0.4, 0.5) is 28.9 Å². The number of piperazine rings is 2. The van der Waals surface area contributed by atoms with Gasteiger partial charge in [-0.15, -0.1) is 11.8 Å². The number of piperidine rings is 1. The molecule has 10 rings (SSSR count). The van der Waals surface area contributed by atoms with Crippen LogP contribution in [-0.2, 0) is 36.0 Å². The number of allylic oxidation sites excluding steroid dienone is 1. The van der Waals surface area contributed by atoms with Crippen LogP contribution < -0.4 is 20.3 Å². The van der Waals surface area contributed by atoms with Gasteiger partial charge in [0, 0.05) is 117 Å². The molecule has 5 aliphatic rings. The Morgan fingerprint density at radius 3 is 2.08 bits per heavy atom. The monoisotopic (exact) mass is 1260 g/mol. The SMILES string of the molecule is CC1(C)CCC(c2ccc(Cl)cc2)=C(CN2CCN(c3ccc(C(=O)NS(=O)(=O)c4ccc(N[C@H](CCN5CCN(Cc6cc7c(cc6F)C(=O)N(C6CCC(=O)NC6=O)C7=O)CC5)CSc5ccccc5)c(S(=O)(=O)C(F)(F)F)c4)cc3)CC2)C1. The van der Waals surface area contributed by atoms with E-state index in [4.69, 9.17) is 11.6 Å². The van der Waals surface area contributed by atoms with Crippen molar-refractivity contribution in [2.24, 2.45) is 5.41 Å². The molecule has 0 spiro atoms. The Labute approximate surface area is 506 Å². The number of thioether (sulfide) groups is 1. The van der Waals surface area contributed by atoms with Gasteiger partial charge in [0.15, 0.2) is 0 Å². The highest BCUT2D eigenvalue weighted by Crippen LogP contribution is 2.43. The van der Waals surface area contributed by atoms with Crippen LogP contribution in [0, 0.1) is 11.2 Å². The number of nitrogens with one attached hydrogen (secondary N) is 3. The van der Waals surface area contributed by atoms with E-state index in [9.17, 15) is 54.0 Å². The lowest BCUT2D eigenvalue weighted by molar-refractivity contribution is -0.136. The maximum atomic E-state index is 15.6. The Balaban J connectivity index is 0.774. The Kier molecular flexibility index (Phi) is 18.6. The minimum absolute atomic E-state index is 0.0494. The molecule has 0 radical (unpaired) electrons. The maximum Gasteiger partial charge on any atom is 0.501 e. The first-order valence-corrected chi connectivity index (χ1v) is 32.7. The molecule has 4 aliphatic heterocycles. The van der Waals surface area contributed by atoms with Crippen molar-refractivity contribution in [3.63, 3.8) is 0 Å². The Morgan fingerprint density at radius 1 is 0.779 bits per heavy atom. The molecule has 3 fully saturated rings. The lowest BCUT2D eigenvalue weighted by Crippen LogP contribution is -2.54. The molecule has 1 unspecified atom stereocenters. The number of fused-ring (bicyclic) bond motifs is 1. The summed E-state index contributed by atoms with van der Waals surface area (Å²) in [6.45, 7) is 10.6. The summed E-state index contributed by atoms with van der Waals surface area (Å²) < 4.78 is 115. The maximum absolute atomic E-state index is 15.6. The van der Waals surface area contributed by atoms with Gasteiger partial charge in [-0.1, -0.05) is 61.4 Å². The standard InChI is InChI=1S/C61H65ClF4N8O9S3/c1-60(2)22-20-48(39-8-12-43(62)13-9-39)42(35-60)37-72-28-30-73(31-29-72)45-14-10-40(11-15-45)56(76)69-86(82,83)47-16-17-52(54(33-47)85(80,81)61(64,65)66)67-44(38-84-46-6-4-3-5-7-46)21-23-70-24-26-71(27-25-70)36-41-32-49-50(34-51(41)63)59(79)74(58(49)78)53-18-19-55(75)68-57(53)77/h3-17,32-34,44,53,67H,18-31,35-38H2,1-2H3,(H,69,76)(H,68,75,77)/t44-,53?/m1/s1. The number of carbonyl (C=O) groups is 5. The van der Waals surface area contributed by atoms with E-state index in [1.807, 2.05) is 52.1 Å². The number of hydrogen-bond donors (Lipinski definition) is 3. The zero-order chi connectivity index (χ0) is 61.3. The molecule has 3 N–H and O–H groups in total. The largest absolute Gasteiger partial charge is 0.501 e. The molecule has 5 aromatic rings. The fourth-order valence-corrected chi connectivity index (χ4v) is 14.9. The number of nitrogens with zero attached hydrogens (tertiary/aromatic N) is 5. The molecule has 5 aromatic carbocycles. The number of halogens is 5. The van der Waals surface area contributed by atoms with Gasteiger partial charge in [-0.05, 0) is 128 Å². The predicted octanol–water partition coefficient (Wildman–Crippen LogP) is 8.86. The molecule has 0 saturated carbocycles. The summed E-state index contributed by atoms with van der Waals surface area (Å²) in [6.07, 6.45) is 3.24. The van der Waals surface area contributed by atoms with Crippen molar-refractivity contribution in [2.45, 2.75) is 91.2 Å². The van der Waals surface area contributed by atoms with Gasteiger partial charge in [-0.3, -0.25) is 44.0 Å². The summed E-state index contributed by atoms with van der Waals surface area (Å²) in [5, 5.41) is 5.81. The number of hydrogen-bond acceptors (Lipinski definition) is 15. The number of alkyl halides is 3. The van der Waals surface area contributed by atoms with Gasteiger partial charge >= 0.3 is 5.51 Å². The molecular weight excluding hydrogens is 1200 g/mol. The highest BCUT2D eigenvalue weighted by molar-refractivity contribution is 7.99. The van der Waals surface area contributed by atoms with E-state index in [-0.39, 0.29) is 59.2 Å². The number of carbonyl (C=O) groups excluding carboxylic acids is 5. The number of amides is 5. The summed E-state index contributed by atoms with van der Waals surface area (Å²) >= 11 is 7.58. The molecule has 3 saturated heterocycles. The Morgan fingerprint density at radius 2 is 1.42 bits per heavy atom. The minimum atomic E-state index is -6.19. The van der Waals surface area contributed by atoms with Crippen LogP contribution in [-0.4, -0.2) is 155 Å². The van der Waals surface area contributed by atoms with Gasteiger partial charge in [-0.2, -0.15) is 13.2 Å². The van der Waals surface area contributed by atoms with Crippen LogP contribution in [0.25, 0.3) is 5.57 Å². The van der Waals surface area contributed by atoms with Gasteiger partial charge in [0.1, 0.15) is 16.8 Å². The first kappa shape index (κ1) is 62.4. The number of sulfone groups is 1. The quantitative estimate of drug-likeness (QED) is 0.0401. The zero-order valence-corrected chi connectivity index (χ0v) is 50.5. The van der Waals surface area contributed by atoms with Crippen LogP contribution in [0.15, 0.2) is 129 Å². The average molecular weight is 1260 g/mol. The fraction of sp³-hybridized carbons (Fsp3) is 0.393. The Bertz CT molecular complexity index is 3690. The highest BCUT2D eigenvalue weighted by Gasteiger charge is 2.49. The van der Waals surface area contributed by atoms with Crippen LogP contribution in [0.3, 0.4) is 0 Å². The van der Waals surface area contributed by atoms with Gasteiger partial charge in [0.2, 0.25) is 11.8 Å². The third kappa shape index (κ3) is 14.2. The molecule has 456 valence electrons. The molecular formula is C61H65ClF4N8O9S3. The van der Waals surface area contributed by atoms with Crippen LogP contribution in [0.2, 0.25) is 5.02 Å². The number of imide groups is 2. The van der Waals surface area contributed by atoms with E-state index in [1.54, 1.807) is 12.1 Å². The lowest BCUT2D eigenvalue weighted by Gasteiger charge is -2.39. The number of rotatable bonds is 19. The molecule has 25 heteroatoms. The normalized spacial score (nSPS) is 19.6. The molecule has 17 nitrogen and oxygen atoms in total. The van der Waals surface area contributed by atoms with Crippen molar-refractivity contribution in [3.05, 3.63) is 153 Å². The number of benzene rings is 5. The third-order valence-electron chi connectivity index (χ3n) is 16.5. The predicted molar refractivity (Wildman–Crippen MR) is 319 cm³/mol. The average Bonchev–Trinajstić information content (AvgIpc) is 1.78. The topological polar surface area (TPSA) is 206 Å². The molecule has 0 bridgehead atoms. The smallest absolute Gasteiger partial charge is 0.380 e. The third-order valence-corrected chi connectivity index (χ3v) is 20.8. The summed E-state index contributed by atoms with van der Waals surface area (Å²) in [6, 6.07) is 26.1. The lowest BCUT2D eigenvalue weighted by atomic mass is 9.73. The van der Waals surface area contributed by atoms with Gasteiger partial charge < -0.3 is 15.1 Å². The molecule has 86 heavy (non-hydrogen) atoms. The summed E-state index contributed by atoms with van der Waals surface area (Å²) in [4.78, 5) is 72.4. The molecule has 1 aliphatic carbocycles. The minimum Gasteiger partial charge on any atom is -0.380 e. The van der Waals surface area contributed by atoms with Crippen molar-refractivity contribution in [1.82, 2.24) is 29.6 Å². The van der Waals surface area contributed by atoms with Crippen molar-refractivity contribution < 1.29 is 58.4 Å². The second kappa shape index (κ2) is 25.6. The van der Waals surface area contributed by atoms with E-state index >= 15 is 4.39 Å². The second-order valence-electron chi connectivity index (χ2n) is 23.1. The first-order chi connectivity index (χ1) is 40.8. The molecule has 0 aromatic heterocycles. The number of anilines is 2. The van der Waals surface area contributed by atoms with E-state index in [1.165, 1.54) is 46.7 Å². The van der Waals surface area contributed by atoms with Gasteiger partial charge in [0.05, 0.1) is 21.7 Å². The summed E-state index contributed by atoms with van der Waals surface area (Å²) in [5.41, 5.74) is -1.48. The Hall–Kier alpha value is -6.67. The molecule has 4 heterocycles. The fourth-order valence-electron chi connectivity index (χ4n) is 11.7. The van der Waals surface area contributed by atoms with Gasteiger partial charge in [-0.25, -0.2) is 25.9 Å². The zero-order valence-electron chi connectivity index (χ0n) is 47.3. The van der Waals surface area contributed by atoms with E-state index in [2.05, 4.69) is 51.3 Å². The van der Waals surface area contributed by atoms with Crippen LogP contribution in [0.5, 0.6) is 0 Å². The highest BCUT2D eigenvalue weighted by atomic mass is 35.5. The number of sulfonamides is 1. The molecule has 5 amide bonds. The van der Waals surface area contributed by atoms with Crippen LogP contribution >= 0.6 is 23.4 Å². The second-order valence-corrected chi connectivity index (χ2v) is 28.2. The van der Waals surface area contributed by atoms with Gasteiger partial charge in [0.25, 0.3) is 37.6 Å². The molecule has 2 atom stereocenters. The van der Waals surface area contributed by atoms with E-state index < -0.39 is 88.3 Å². The first-order valence-electron chi connectivity index (χ1n) is 28.3. The summed E-state index contributed by atoms with van der Waals surface area (Å²) in [7, 11) is -11.1. The van der Waals surface area contributed by atoms with E-state index in [0.29, 0.717) is 56.9 Å². The van der Waals surface area contributed by atoms with Crippen LogP contribution in [0.1, 0.15) is 94.6 Å².